The van der Waals surface area contributed by atoms with E-state index >= 15 is 0 Å². The van der Waals surface area contributed by atoms with Crippen molar-refractivity contribution in [2.24, 2.45) is 0 Å². The van der Waals surface area contributed by atoms with Gasteiger partial charge < -0.3 is 10.5 Å². The number of aromatic nitrogens is 2. The average Bonchev–Trinajstić information content (AvgIpc) is 2.34. The van der Waals surface area contributed by atoms with Crippen LogP contribution >= 0.6 is 0 Å². The van der Waals surface area contributed by atoms with Crippen molar-refractivity contribution in [2.45, 2.75) is 20.3 Å². The summed E-state index contributed by atoms with van der Waals surface area (Å²) in [6.07, 6.45) is 2.37. The molecule has 4 nitrogen and oxygen atoms in total. The summed E-state index contributed by atoms with van der Waals surface area (Å²) in [6, 6.07) is 7.39. The van der Waals surface area contributed by atoms with Crippen LogP contribution in [0, 0.1) is 6.92 Å². The Balaban J connectivity index is 2.22. The lowest BCUT2D eigenvalue weighted by Crippen LogP contribution is -1.94. The van der Waals surface area contributed by atoms with Crippen LogP contribution in [-0.4, -0.2) is 9.97 Å². The Hall–Kier alpha value is -2.10. The lowest BCUT2D eigenvalue weighted by Gasteiger charge is -2.07. The number of anilines is 1. The highest BCUT2D eigenvalue weighted by molar-refractivity contribution is 5.50. The van der Waals surface area contributed by atoms with Crippen LogP contribution in [0.5, 0.6) is 11.6 Å². The van der Waals surface area contributed by atoms with Gasteiger partial charge in [-0.05, 0) is 37.1 Å². The number of nitrogens with zero attached hydrogens (tertiary/aromatic N) is 2. The van der Waals surface area contributed by atoms with Crippen LogP contribution in [0.2, 0.25) is 0 Å². The molecule has 0 aliphatic carbocycles. The second kappa shape index (κ2) is 4.82. The molecule has 0 bridgehead atoms. The number of benzene rings is 1. The first-order valence-electron chi connectivity index (χ1n) is 5.54. The van der Waals surface area contributed by atoms with Gasteiger partial charge in [-0.1, -0.05) is 6.92 Å². The number of aryl methyl sites for hydroxylation is 2. The minimum absolute atomic E-state index is 0.557. The summed E-state index contributed by atoms with van der Waals surface area (Å²) in [6.45, 7) is 3.99. The van der Waals surface area contributed by atoms with Gasteiger partial charge in [0.1, 0.15) is 12.1 Å². The first kappa shape index (κ1) is 11.4. The predicted molar refractivity (Wildman–Crippen MR) is 67.1 cm³/mol. The molecular weight excluding hydrogens is 214 g/mol. The highest BCUT2D eigenvalue weighted by Crippen LogP contribution is 2.23. The van der Waals surface area contributed by atoms with E-state index in [-0.39, 0.29) is 0 Å². The number of hydrogen-bond acceptors (Lipinski definition) is 4. The fourth-order valence-corrected chi connectivity index (χ4v) is 1.46. The highest BCUT2D eigenvalue weighted by atomic mass is 16.5. The van der Waals surface area contributed by atoms with Gasteiger partial charge in [-0.2, -0.15) is 0 Å². The molecule has 0 radical (unpaired) electrons. The summed E-state index contributed by atoms with van der Waals surface area (Å²) in [4.78, 5) is 8.19. The standard InChI is InChI=1S/C13H15N3O/c1-3-10-7-13(16-8-15-10)17-11-4-5-12(14)9(2)6-11/h4-8H,3,14H2,1-2H3. The Labute approximate surface area is 100 Å². The summed E-state index contributed by atoms with van der Waals surface area (Å²) in [7, 11) is 0. The van der Waals surface area contributed by atoms with Gasteiger partial charge in [-0.25, -0.2) is 9.97 Å². The molecule has 1 heterocycles. The lowest BCUT2D eigenvalue weighted by atomic mass is 10.2. The SMILES string of the molecule is CCc1cc(Oc2ccc(N)c(C)c2)ncn1. The van der Waals surface area contributed by atoms with Crippen LogP contribution in [0.4, 0.5) is 5.69 Å². The summed E-state index contributed by atoms with van der Waals surface area (Å²) in [5, 5.41) is 0. The van der Waals surface area contributed by atoms with Crippen molar-refractivity contribution in [3.8, 4) is 11.6 Å². The molecule has 0 spiro atoms. The summed E-state index contributed by atoms with van der Waals surface area (Å²) in [5.74, 6) is 1.29. The van der Waals surface area contributed by atoms with Crippen molar-refractivity contribution in [3.05, 3.63) is 41.9 Å². The molecule has 0 aliphatic rings. The average molecular weight is 229 g/mol. The number of nitrogen functional groups attached to an aromatic ring is 1. The summed E-state index contributed by atoms with van der Waals surface area (Å²) < 4.78 is 5.65. The predicted octanol–water partition coefficient (Wildman–Crippen LogP) is 2.72. The minimum atomic E-state index is 0.557. The van der Waals surface area contributed by atoms with Crippen molar-refractivity contribution >= 4 is 5.69 Å². The second-order valence-corrected chi connectivity index (χ2v) is 3.82. The van der Waals surface area contributed by atoms with Gasteiger partial charge in [-0.3, -0.25) is 0 Å². The van der Waals surface area contributed by atoms with Crippen LogP contribution in [0.15, 0.2) is 30.6 Å². The third-order valence-electron chi connectivity index (χ3n) is 2.52. The zero-order chi connectivity index (χ0) is 12.3. The lowest BCUT2D eigenvalue weighted by molar-refractivity contribution is 0.460. The molecule has 1 aromatic heterocycles. The molecule has 0 saturated carbocycles. The molecule has 1 aromatic carbocycles. The Morgan fingerprint density at radius 3 is 2.76 bits per heavy atom. The molecule has 0 saturated heterocycles. The number of ether oxygens (including phenoxy) is 1. The van der Waals surface area contributed by atoms with E-state index < -0.39 is 0 Å². The van der Waals surface area contributed by atoms with E-state index in [4.69, 9.17) is 10.5 Å². The van der Waals surface area contributed by atoms with Crippen molar-refractivity contribution in [1.29, 1.82) is 0 Å². The second-order valence-electron chi connectivity index (χ2n) is 3.82. The highest BCUT2D eigenvalue weighted by Gasteiger charge is 2.02. The molecule has 0 fully saturated rings. The quantitative estimate of drug-likeness (QED) is 0.822. The van der Waals surface area contributed by atoms with Gasteiger partial charge in [0.25, 0.3) is 0 Å². The molecule has 17 heavy (non-hydrogen) atoms. The zero-order valence-corrected chi connectivity index (χ0v) is 9.97. The molecular formula is C13H15N3O. The van der Waals surface area contributed by atoms with Crippen LogP contribution in [-0.2, 0) is 6.42 Å². The molecule has 0 amide bonds. The van der Waals surface area contributed by atoms with Gasteiger partial charge in [0.2, 0.25) is 5.88 Å². The maximum absolute atomic E-state index is 5.75. The van der Waals surface area contributed by atoms with Crippen LogP contribution in [0.1, 0.15) is 18.2 Å². The molecule has 4 heteroatoms. The number of rotatable bonds is 3. The number of hydrogen-bond donors (Lipinski definition) is 1. The smallest absolute Gasteiger partial charge is 0.222 e. The van der Waals surface area contributed by atoms with Crippen molar-refractivity contribution < 1.29 is 4.74 Å². The van der Waals surface area contributed by atoms with Gasteiger partial charge in [0.15, 0.2) is 0 Å². The van der Waals surface area contributed by atoms with Crippen molar-refractivity contribution in [3.63, 3.8) is 0 Å². The van der Waals surface area contributed by atoms with Crippen LogP contribution < -0.4 is 10.5 Å². The van der Waals surface area contributed by atoms with E-state index in [9.17, 15) is 0 Å². The maximum Gasteiger partial charge on any atom is 0.222 e. The van der Waals surface area contributed by atoms with E-state index in [0.717, 1.165) is 29.1 Å². The normalized spacial score (nSPS) is 10.2. The minimum Gasteiger partial charge on any atom is -0.439 e. The molecule has 2 N–H and O–H groups in total. The molecule has 2 rings (SSSR count). The van der Waals surface area contributed by atoms with E-state index in [1.54, 1.807) is 0 Å². The van der Waals surface area contributed by atoms with E-state index in [1.807, 2.05) is 38.1 Å². The number of nitrogens with two attached hydrogens (primary N) is 1. The Bertz CT molecular complexity index is 526. The van der Waals surface area contributed by atoms with Crippen LogP contribution in [0.3, 0.4) is 0 Å². The fraction of sp³-hybridized carbons (Fsp3) is 0.231. The fourth-order valence-electron chi connectivity index (χ4n) is 1.46. The molecule has 0 atom stereocenters. The van der Waals surface area contributed by atoms with Gasteiger partial charge in [0.05, 0.1) is 0 Å². The van der Waals surface area contributed by atoms with Gasteiger partial charge >= 0.3 is 0 Å². The van der Waals surface area contributed by atoms with E-state index in [1.165, 1.54) is 6.33 Å². The first-order valence-corrected chi connectivity index (χ1v) is 5.54. The zero-order valence-electron chi connectivity index (χ0n) is 9.97. The third-order valence-corrected chi connectivity index (χ3v) is 2.52. The molecule has 0 aliphatic heterocycles. The van der Waals surface area contributed by atoms with E-state index in [2.05, 4.69) is 9.97 Å². The Morgan fingerprint density at radius 1 is 1.24 bits per heavy atom. The van der Waals surface area contributed by atoms with E-state index in [0.29, 0.717) is 5.88 Å². The molecule has 2 aromatic rings. The summed E-state index contributed by atoms with van der Waals surface area (Å²) in [5.41, 5.74) is 8.46. The Kier molecular flexibility index (Phi) is 3.23. The molecule has 88 valence electrons. The van der Waals surface area contributed by atoms with Gasteiger partial charge in [-0.15, -0.1) is 0 Å². The third kappa shape index (κ3) is 2.72. The monoisotopic (exact) mass is 229 g/mol. The summed E-state index contributed by atoms with van der Waals surface area (Å²) >= 11 is 0. The topological polar surface area (TPSA) is 61.0 Å². The first-order chi connectivity index (χ1) is 8.19. The molecule has 0 unspecified atom stereocenters. The van der Waals surface area contributed by atoms with Gasteiger partial charge in [0, 0.05) is 17.4 Å². The van der Waals surface area contributed by atoms with Crippen molar-refractivity contribution in [2.75, 3.05) is 5.73 Å². The van der Waals surface area contributed by atoms with Crippen molar-refractivity contribution in [1.82, 2.24) is 9.97 Å². The Morgan fingerprint density at radius 2 is 2.06 bits per heavy atom. The largest absolute Gasteiger partial charge is 0.439 e. The van der Waals surface area contributed by atoms with Crippen LogP contribution in [0.25, 0.3) is 0 Å². The maximum atomic E-state index is 5.75.